The molecule has 32 heavy (non-hydrogen) atoms. The number of esters is 1. The van der Waals surface area contributed by atoms with Gasteiger partial charge in [-0.15, -0.1) is 0 Å². The maximum Gasteiger partial charge on any atom is 0.339 e. The number of sulfone groups is 1. The number of rotatable bonds is 6. The lowest BCUT2D eigenvalue weighted by Gasteiger charge is -2.12. The molecule has 1 amide bonds. The van der Waals surface area contributed by atoms with E-state index < -0.39 is 34.4 Å². The summed E-state index contributed by atoms with van der Waals surface area (Å²) in [5, 5.41) is 3.22. The van der Waals surface area contributed by atoms with E-state index in [1.807, 2.05) is 18.2 Å². The van der Waals surface area contributed by atoms with Crippen LogP contribution in [0.1, 0.15) is 16.8 Å². The van der Waals surface area contributed by atoms with Gasteiger partial charge in [0, 0.05) is 17.0 Å². The maximum atomic E-state index is 12.8. The molecule has 1 aromatic heterocycles. The number of methoxy groups -OCH3 is 1. The number of hydrogen-bond donors (Lipinski definition) is 1. The normalized spacial score (nSPS) is 17.1. The molecule has 1 N–H and O–H groups in total. The Morgan fingerprint density at radius 2 is 1.88 bits per heavy atom. The predicted octanol–water partition coefficient (Wildman–Crippen LogP) is 2.37. The standard InChI is InChI=1S/C23H22N2O6S/c1-30-17-8-6-15(7-9-17)21-12-19(18-4-2-3-5-20(18)25-21)23(27)31-13-22(26)24-16-10-11-32(28,29)14-16/h2-9,12,16H,10-11,13-14H2,1H3,(H,24,26). The zero-order valence-electron chi connectivity index (χ0n) is 17.4. The molecule has 0 aliphatic carbocycles. The van der Waals surface area contributed by atoms with Gasteiger partial charge in [0.05, 0.1) is 35.4 Å². The van der Waals surface area contributed by atoms with Crippen LogP contribution in [0, 0.1) is 0 Å². The average Bonchev–Trinajstić information content (AvgIpc) is 3.14. The van der Waals surface area contributed by atoms with Gasteiger partial charge in [0.1, 0.15) is 5.75 Å². The van der Waals surface area contributed by atoms with E-state index in [0.717, 1.165) is 5.56 Å². The van der Waals surface area contributed by atoms with Crippen molar-refractivity contribution >= 4 is 32.6 Å². The lowest BCUT2D eigenvalue weighted by Crippen LogP contribution is -2.38. The summed E-state index contributed by atoms with van der Waals surface area (Å²) >= 11 is 0. The van der Waals surface area contributed by atoms with Crippen LogP contribution in [0.3, 0.4) is 0 Å². The molecule has 8 nitrogen and oxygen atoms in total. The zero-order valence-corrected chi connectivity index (χ0v) is 18.2. The van der Waals surface area contributed by atoms with Crippen LogP contribution >= 0.6 is 0 Å². The van der Waals surface area contributed by atoms with E-state index in [1.165, 1.54) is 0 Å². The van der Waals surface area contributed by atoms with Gasteiger partial charge < -0.3 is 14.8 Å². The minimum atomic E-state index is -3.11. The van der Waals surface area contributed by atoms with E-state index in [9.17, 15) is 18.0 Å². The molecular formula is C23H22N2O6S. The first-order valence-electron chi connectivity index (χ1n) is 10.1. The molecule has 9 heteroatoms. The van der Waals surface area contributed by atoms with Gasteiger partial charge in [-0.2, -0.15) is 0 Å². The van der Waals surface area contributed by atoms with E-state index in [0.29, 0.717) is 28.8 Å². The third kappa shape index (κ3) is 4.88. The number of fused-ring (bicyclic) bond motifs is 1. The Bertz CT molecular complexity index is 1270. The average molecular weight is 455 g/mol. The molecule has 3 aromatic rings. The van der Waals surface area contributed by atoms with E-state index in [1.54, 1.807) is 43.5 Å². The summed E-state index contributed by atoms with van der Waals surface area (Å²) in [6.45, 7) is -0.496. The van der Waals surface area contributed by atoms with Gasteiger partial charge in [-0.25, -0.2) is 18.2 Å². The van der Waals surface area contributed by atoms with Crippen LogP contribution in [-0.2, 0) is 19.4 Å². The summed E-state index contributed by atoms with van der Waals surface area (Å²) in [6, 6.07) is 15.7. The first-order chi connectivity index (χ1) is 15.3. The third-order valence-electron chi connectivity index (χ3n) is 5.25. The minimum absolute atomic E-state index is 0.0505. The van der Waals surface area contributed by atoms with Crippen molar-refractivity contribution in [2.45, 2.75) is 12.5 Å². The highest BCUT2D eigenvalue weighted by molar-refractivity contribution is 7.91. The zero-order chi connectivity index (χ0) is 22.7. The second kappa shape index (κ2) is 8.96. The van der Waals surface area contributed by atoms with Gasteiger partial charge in [-0.1, -0.05) is 18.2 Å². The monoisotopic (exact) mass is 454 g/mol. The number of benzene rings is 2. The van der Waals surface area contributed by atoms with Crippen LogP contribution in [0.4, 0.5) is 0 Å². The number of aromatic nitrogens is 1. The molecule has 2 heterocycles. The van der Waals surface area contributed by atoms with Crippen LogP contribution < -0.4 is 10.1 Å². The van der Waals surface area contributed by atoms with Crippen LogP contribution in [0.5, 0.6) is 5.75 Å². The first-order valence-corrected chi connectivity index (χ1v) is 11.9. The summed E-state index contributed by atoms with van der Waals surface area (Å²) in [7, 11) is -1.53. The van der Waals surface area contributed by atoms with E-state index in [-0.39, 0.29) is 17.1 Å². The fraction of sp³-hybridized carbons (Fsp3) is 0.261. The van der Waals surface area contributed by atoms with Crippen molar-refractivity contribution in [3.05, 3.63) is 60.2 Å². The van der Waals surface area contributed by atoms with Crippen LogP contribution in [0.15, 0.2) is 54.6 Å². The van der Waals surface area contributed by atoms with E-state index in [2.05, 4.69) is 10.3 Å². The Labute approximate surface area is 185 Å². The van der Waals surface area contributed by atoms with Crippen molar-refractivity contribution in [2.75, 3.05) is 25.2 Å². The molecular weight excluding hydrogens is 432 g/mol. The summed E-state index contributed by atoms with van der Waals surface area (Å²) in [5.41, 5.74) is 2.29. The fourth-order valence-electron chi connectivity index (χ4n) is 3.64. The summed E-state index contributed by atoms with van der Waals surface area (Å²) in [4.78, 5) is 29.6. The van der Waals surface area contributed by atoms with Crippen LogP contribution in [0.2, 0.25) is 0 Å². The highest BCUT2D eigenvalue weighted by Gasteiger charge is 2.29. The SMILES string of the molecule is COc1ccc(-c2cc(C(=O)OCC(=O)NC3CCS(=O)(=O)C3)c3ccccc3n2)cc1. The Hall–Kier alpha value is -3.46. The van der Waals surface area contributed by atoms with Gasteiger partial charge in [-0.05, 0) is 42.8 Å². The van der Waals surface area contributed by atoms with Gasteiger partial charge >= 0.3 is 5.97 Å². The lowest BCUT2D eigenvalue weighted by atomic mass is 10.0. The maximum absolute atomic E-state index is 12.8. The number of nitrogens with one attached hydrogen (secondary N) is 1. The van der Waals surface area contributed by atoms with Crippen molar-refractivity contribution in [3.63, 3.8) is 0 Å². The minimum Gasteiger partial charge on any atom is -0.497 e. The Kier molecular flexibility index (Phi) is 6.09. The third-order valence-corrected chi connectivity index (χ3v) is 7.02. The number of carbonyl (C=O) groups excluding carboxylic acids is 2. The number of pyridine rings is 1. The first kappa shape index (κ1) is 21.8. The molecule has 1 aliphatic heterocycles. The summed E-state index contributed by atoms with van der Waals surface area (Å²) in [5.74, 6) is -0.529. The van der Waals surface area contributed by atoms with Gasteiger partial charge in [0.2, 0.25) is 0 Å². The number of para-hydroxylation sites is 1. The highest BCUT2D eigenvalue weighted by Crippen LogP contribution is 2.26. The van der Waals surface area contributed by atoms with Crippen molar-refractivity contribution < 1.29 is 27.5 Å². The largest absolute Gasteiger partial charge is 0.497 e. The molecule has 0 radical (unpaired) electrons. The molecule has 0 bridgehead atoms. The Morgan fingerprint density at radius 1 is 1.12 bits per heavy atom. The molecule has 1 saturated heterocycles. The smallest absolute Gasteiger partial charge is 0.339 e. The second-order valence-electron chi connectivity index (χ2n) is 7.54. The molecule has 1 aliphatic rings. The fourth-order valence-corrected chi connectivity index (χ4v) is 5.31. The molecule has 4 rings (SSSR count). The second-order valence-corrected chi connectivity index (χ2v) is 9.77. The summed E-state index contributed by atoms with van der Waals surface area (Å²) in [6.07, 6.45) is 0.363. The van der Waals surface area contributed by atoms with Gasteiger partial charge in [-0.3, -0.25) is 4.79 Å². The molecule has 1 atom stereocenters. The molecule has 2 aromatic carbocycles. The van der Waals surface area contributed by atoms with Gasteiger partial charge in [0.25, 0.3) is 5.91 Å². The van der Waals surface area contributed by atoms with E-state index in [4.69, 9.17) is 9.47 Å². The number of hydrogen-bond acceptors (Lipinski definition) is 7. The summed E-state index contributed by atoms with van der Waals surface area (Å²) < 4.78 is 33.5. The van der Waals surface area contributed by atoms with Crippen molar-refractivity contribution in [1.29, 1.82) is 0 Å². The van der Waals surface area contributed by atoms with Crippen molar-refractivity contribution in [3.8, 4) is 17.0 Å². The molecule has 166 valence electrons. The van der Waals surface area contributed by atoms with Crippen LogP contribution in [0.25, 0.3) is 22.2 Å². The number of amides is 1. The quantitative estimate of drug-likeness (QED) is 0.569. The lowest BCUT2D eigenvalue weighted by molar-refractivity contribution is -0.124. The number of nitrogens with zero attached hydrogens (tertiary/aromatic N) is 1. The Balaban J connectivity index is 1.53. The van der Waals surface area contributed by atoms with E-state index >= 15 is 0 Å². The Morgan fingerprint density at radius 3 is 2.56 bits per heavy atom. The molecule has 0 spiro atoms. The van der Waals surface area contributed by atoms with Crippen LogP contribution in [-0.4, -0.2) is 56.5 Å². The molecule has 0 saturated carbocycles. The predicted molar refractivity (Wildman–Crippen MR) is 119 cm³/mol. The topological polar surface area (TPSA) is 112 Å². The number of ether oxygens (including phenoxy) is 2. The number of carbonyl (C=O) groups is 2. The molecule has 1 fully saturated rings. The van der Waals surface area contributed by atoms with Gasteiger partial charge in [0.15, 0.2) is 16.4 Å². The van der Waals surface area contributed by atoms with Crippen molar-refractivity contribution in [2.24, 2.45) is 0 Å². The molecule has 1 unspecified atom stereocenters. The van der Waals surface area contributed by atoms with Crippen molar-refractivity contribution in [1.82, 2.24) is 10.3 Å². The highest BCUT2D eigenvalue weighted by atomic mass is 32.2.